The van der Waals surface area contributed by atoms with Crippen LogP contribution in [0, 0.1) is 6.92 Å². The van der Waals surface area contributed by atoms with Gasteiger partial charge in [-0.25, -0.2) is 0 Å². The number of esters is 1. The minimum Gasteiger partial charge on any atom is -1.00 e. The Kier molecular flexibility index (Phi) is 21.2. The van der Waals surface area contributed by atoms with Crippen LogP contribution in [0.4, 0.5) is 0 Å². The number of ether oxygens (including phenoxy) is 1. The maximum Gasteiger partial charge on any atom is 2.00 e. The van der Waals surface area contributed by atoms with Crippen LogP contribution in [-0.2, 0) is 29.0 Å². The van der Waals surface area contributed by atoms with Crippen molar-refractivity contribution in [2.24, 2.45) is 0 Å². The predicted octanol–water partition coefficient (Wildman–Crippen LogP) is -2.22. The zero-order valence-electron chi connectivity index (χ0n) is 5.52. The normalized spacial score (nSPS) is 6.44. The number of hydrogen-bond acceptors (Lipinski definition) is 2. The molecule has 0 spiro atoms. The number of carbonyl (C=O) groups excluding carboxylic acids is 1. The molecular formula is C5H9IO2Zn. The van der Waals surface area contributed by atoms with Crippen LogP contribution in [0.15, 0.2) is 0 Å². The number of carbonyl (C=O) groups is 1. The summed E-state index contributed by atoms with van der Waals surface area (Å²) in [5.74, 6) is -0.185. The number of hydrogen-bond donors (Lipinski definition) is 0. The molecule has 0 heterocycles. The van der Waals surface area contributed by atoms with Gasteiger partial charge in [-0.15, -0.1) is 0 Å². The maximum absolute atomic E-state index is 10.1. The summed E-state index contributed by atoms with van der Waals surface area (Å²) in [5.41, 5.74) is 0. The molecule has 0 unspecified atom stereocenters. The van der Waals surface area contributed by atoms with E-state index in [0.29, 0.717) is 12.8 Å². The third kappa shape index (κ3) is 12.1. The third-order valence-corrected chi connectivity index (χ3v) is 0.609. The molecule has 50 valence electrons. The summed E-state index contributed by atoms with van der Waals surface area (Å²) < 4.78 is 4.31. The second kappa shape index (κ2) is 11.6. The van der Waals surface area contributed by atoms with Crippen molar-refractivity contribution in [3.05, 3.63) is 6.92 Å². The van der Waals surface area contributed by atoms with Crippen molar-refractivity contribution >= 4 is 5.97 Å². The molecule has 0 atom stereocenters. The third-order valence-electron chi connectivity index (χ3n) is 0.609. The van der Waals surface area contributed by atoms with E-state index in [1.54, 1.807) is 0 Å². The van der Waals surface area contributed by atoms with Gasteiger partial charge < -0.3 is 35.6 Å². The van der Waals surface area contributed by atoms with Crippen LogP contribution in [0.5, 0.6) is 0 Å². The standard InChI is InChI=1S/C5H9O2.HI.Zn/c1-3-4-5(6)7-2;;/h1,3-4H2,2H3;1H;/q-1;;+2/p-1. The Balaban J connectivity index is -0.000000180. The van der Waals surface area contributed by atoms with Crippen LogP contribution < -0.4 is 24.0 Å². The molecule has 0 aliphatic carbocycles. The molecule has 0 saturated carbocycles. The van der Waals surface area contributed by atoms with E-state index < -0.39 is 0 Å². The molecule has 9 heavy (non-hydrogen) atoms. The summed E-state index contributed by atoms with van der Waals surface area (Å²) in [5, 5.41) is 0. The zero-order valence-corrected chi connectivity index (χ0v) is 10.6. The van der Waals surface area contributed by atoms with Crippen LogP contribution in [-0.4, -0.2) is 13.1 Å². The van der Waals surface area contributed by atoms with Crippen molar-refractivity contribution in [3.63, 3.8) is 0 Å². The molecule has 0 N–H and O–H groups in total. The van der Waals surface area contributed by atoms with Crippen molar-refractivity contribution in [2.45, 2.75) is 12.8 Å². The van der Waals surface area contributed by atoms with Gasteiger partial charge >= 0.3 is 25.4 Å². The van der Waals surface area contributed by atoms with Crippen molar-refractivity contribution in [2.75, 3.05) is 7.11 Å². The second-order valence-corrected chi connectivity index (χ2v) is 1.18. The van der Waals surface area contributed by atoms with Crippen LogP contribution >= 0.6 is 0 Å². The minimum absolute atomic E-state index is 0. The van der Waals surface area contributed by atoms with Crippen molar-refractivity contribution in [1.29, 1.82) is 0 Å². The van der Waals surface area contributed by atoms with E-state index >= 15 is 0 Å². The van der Waals surface area contributed by atoms with Gasteiger partial charge in [-0.05, 0) is 0 Å². The Morgan fingerprint density at radius 1 is 1.67 bits per heavy atom. The smallest absolute Gasteiger partial charge is 1.00 e. The average Bonchev–Trinajstić information content (AvgIpc) is 1.68. The quantitative estimate of drug-likeness (QED) is 0.249. The molecule has 0 aliphatic heterocycles. The predicted molar refractivity (Wildman–Crippen MR) is 26.6 cm³/mol. The molecule has 0 rings (SSSR count). The van der Waals surface area contributed by atoms with Gasteiger partial charge in [0.05, 0.1) is 7.11 Å². The summed E-state index contributed by atoms with van der Waals surface area (Å²) >= 11 is 0. The van der Waals surface area contributed by atoms with Gasteiger partial charge in [0.25, 0.3) is 0 Å². The maximum atomic E-state index is 10.1. The van der Waals surface area contributed by atoms with E-state index in [4.69, 9.17) is 0 Å². The van der Waals surface area contributed by atoms with E-state index in [9.17, 15) is 4.79 Å². The van der Waals surface area contributed by atoms with Gasteiger partial charge in [0.1, 0.15) is 0 Å². The van der Waals surface area contributed by atoms with E-state index in [1.165, 1.54) is 7.11 Å². The summed E-state index contributed by atoms with van der Waals surface area (Å²) in [6, 6.07) is 0. The minimum atomic E-state index is -0.185. The van der Waals surface area contributed by atoms with E-state index in [0.717, 1.165) is 0 Å². The van der Waals surface area contributed by atoms with Gasteiger partial charge in [0.2, 0.25) is 0 Å². The van der Waals surface area contributed by atoms with Crippen LogP contribution in [0.25, 0.3) is 0 Å². The Morgan fingerprint density at radius 3 is 2.22 bits per heavy atom. The molecule has 0 aromatic rings. The molecular weight excluding hydrogens is 284 g/mol. The molecule has 0 fully saturated rings. The van der Waals surface area contributed by atoms with Gasteiger partial charge in [-0.1, -0.05) is 0 Å². The zero-order chi connectivity index (χ0) is 5.70. The summed E-state index contributed by atoms with van der Waals surface area (Å²) in [6.45, 7) is 3.47. The molecule has 0 bridgehead atoms. The first-order chi connectivity index (χ1) is 3.31. The van der Waals surface area contributed by atoms with Gasteiger partial charge in [0.15, 0.2) is 0 Å². The fourth-order valence-electron chi connectivity index (χ4n) is 0.246. The fraction of sp³-hybridized carbons (Fsp3) is 0.600. The molecule has 0 saturated heterocycles. The first kappa shape index (κ1) is 16.4. The first-order valence-corrected chi connectivity index (χ1v) is 2.17. The fourth-order valence-corrected chi connectivity index (χ4v) is 0.246. The number of methoxy groups -OCH3 is 1. The monoisotopic (exact) mass is 292 g/mol. The number of halogens is 1. The molecule has 0 aromatic carbocycles. The van der Waals surface area contributed by atoms with Crippen molar-refractivity contribution < 1.29 is 53.0 Å². The van der Waals surface area contributed by atoms with Gasteiger partial charge in [-0.2, -0.15) is 6.42 Å². The van der Waals surface area contributed by atoms with Crippen molar-refractivity contribution in [3.8, 4) is 0 Å². The van der Waals surface area contributed by atoms with Crippen LogP contribution in [0.1, 0.15) is 12.8 Å². The molecule has 0 amide bonds. The Morgan fingerprint density at radius 2 is 2.11 bits per heavy atom. The summed E-state index contributed by atoms with van der Waals surface area (Å²) in [4.78, 5) is 10.1. The molecule has 0 radical (unpaired) electrons. The Hall–Kier alpha value is 0.823. The van der Waals surface area contributed by atoms with E-state index in [-0.39, 0.29) is 49.4 Å². The van der Waals surface area contributed by atoms with Crippen LogP contribution in [0.3, 0.4) is 0 Å². The Labute approximate surface area is 85.5 Å². The molecule has 4 heteroatoms. The molecule has 0 aromatic heterocycles. The largest absolute Gasteiger partial charge is 2.00 e. The molecule has 2 nitrogen and oxygen atoms in total. The summed E-state index contributed by atoms with van der Waals surface area (Å²) in [6.07, 6.45) is 1.04. The molecule has 0 aliphatic rings. The van der Waals surface area contributed by atoms with Crippen LogP contribution in [0.2, 0.25) is 0 Å². The first-order valence-electron chi connectivity index (χ1n) is 2.17. The second-order valence-electron chi connectivity index (χ2n) is 1.18. The average molecular weight is 293 g/mol. The van der Waals surface area contributed by atoms with Gasteiger partial charge in [-0.3, -0.25) is 4.79 Å². The van der Waals surface area contributed by atoms with E-state index in [2.05, 4.69) is 11.7 Å². The Bertz CT molecular complexity index is 68.0. The SMILES string of the molecule is [CH2-]CCC(=O)OC.[I-].[Zn+2]. The van der Waals surface area contributed by atoms with E-state index in [1.807, 2.05) is 0 Å². The number of rotatable bonds is 2. The van der Waals surface area contributed by atoms with Crippen molar-refractivity contribution in [1.82, 2.24) is 0 Å². The summed E-state index contributed by atoms with van der Waals surface area (Å²) in [7, 11) is 1.37. The van der Waals surface area contributed by atoms with Gasteiger partial charge in [0, 0.05) is 6.42 Å². The topological polar surface area (TPSA) is 26.3 Å².